The van der Waals surface area contributed by atoms with Gasteiger partial charge in [0.05, 0.1) is 18.6 Å². The molecule has 3 heteroatoms. The molecule has 3 rings (SSSR count). The number of alkyl halides is 1. The van der Waals surface area contributed by atoms with Crippen LogP contribution in [0.1, 0.15) is 28.5 Å². The number of ether oxygens (including phenoxy) is 2. The molecule has 1 aliphatic rings. The van der Waals surface area contributed by atoms with Crippen molar-refractivity contribution in [2.45, 2.75) is 18.7 Å². The second-order valence-corrected chi connectivity index (χ2v) is 5.41. The van der Waals surface area contributed by atoms with E-state index in [1.54, 1.807) is 0 Å². The molecule has 0 saturated heterocycles. The smallest absolute Gasteiger partial charge is 0.161 e. The fraction of sp³-hybridized carbons (Fsp3) is 0.294. The van der Waals surface area contributed by atoms with Crippen LogP contribution in [0.4, 0.5) is 0 Å². The van der Waals surface area contributed by atoms with Gasteiger partial charge in [-0.3, -0.25) is 0 Å². The SMILES string of the molecule is Cc1ccccc1C(Cl)c1ccc2c(c1)OCCCO2. The number of aryl methyl sites for hydroxylation is 1. The standard InChI is InChI=1S/C17H17ClO2/c1-12-5-2-3-6-14(12)17(18)13-7-8-15-16(11-13)20-10-4-9-19-15/h2-3,5-8,11,17H,4,9-10H2,1H3. The number of benzene rings is 2. The first-order chi connectivity index (χ1) is 9.75. The minimum atomic E-state index is -0.173. The lowest BCUT2D eigenvalue weighted by atomic mass is 10.00. The molecular formula is C17H17ClO2. The highest BCUT2D eigenvalue weighted by Gasteiger charge is 2.17. The quantitative estimate of drug-likeness (QED) is 0.758. The lowest BCUT2D eigenvalue weighted by Gasteiger charge is -2.15. The predicted molar refractivity (Wildman–Crippen MR) is 80.9 cm³/mol. The summed E-state index contributed by atoms with van der Waals surface area (Å²) in [5.41, 5.74) is 3.36. The average molecular weight is 289 g/mol. The molecule has 0 bridgehead atoms. The lowest BCUT2D eigenvalue weighted by molar-refractivity contribution is 0.297. The lowest BCUT2D eigenvalue weighted by Crippen LogP contribution is -1.98. The van der Waals surface area contributed by atoms with Crippen molar-refractivity contribution in [1.29, 1.82) is 0 Å². The van der Waals surface area contributed by atoms with Crippen molar-refractivity contribution in [3.8, 4) is 11.5 Å². The molecule has 1 atom stereocenters. The zero-order chi connectivity index (χ0) is 13.9. The van der Waals surface area contributed by atoms with Gasteiger partial charge in [-0.05, 0) is 35.7 Å². The molecule has 0 amide bonds. The van der Waals surface area contributed by atoms with Crippen molar-refractivity contribution in [2.75, 3.05) is 13.2 Å². The maximum atomic E-state index is 6.62. The van der Waals surface area contributed by atoms with Gasteiger partial charge >= 0.3 is 0 Å². The summed E-state index contributed by atoms with van der Waals surface area (Å²) in [4.78, 5) is 0. The first kappa shape index (κ1) is 13.3. The summed E-state index contributed by atoms with van der Waals surface area (Å²) < 4.78 is 11.4. The molecule has 0 spiro atoms. The molecular weight excluding hydrogens is 272 g/mol. The van der Waals surface area contributed by atoms with Gasteiger partial charge in [-0.1, -0.05) is 30.3 Å². The van der Waals surface area contributed by atoms with Crippen LogP contribution >= 0.6 is 11.6 Å². The van der Waals surface area contributed by atoms with Gasteiger partial charge in [0.25, 0.3) is 0 Å². The van der Waals surface area contributed by atoms with Crippen molar-refractivity contribution in [1.82, 2.24) is 0 Å². The summed E-state index contributed by atoms with van der Waals surface area (Å²) in [7, 11) is 0. The summed E-state index contributed by atoms with van der Waals surface area (Å²) in [5.74, 6) is 1.60. The second kappa shape index (κ2) is 5.76. The second-order valence-electron chi connectivity index (χ2n) is 4.98. The zero-order valence-corrected chi connectivity index (χ0v) is 12.2. The monoisotopic (exact) mass is 288 g/mol. The van der Waals surface area contributed by atoms with Crippen LogP contribution in [0.5, 0.6) is 11.5 Å². The maximum absolute atomic E-state index is 6.62. The molecule has 1 heterocycles. The molecule has 0 saturated carbocycles. The summed E-state index contributed by atoms with van der Waals surface area (Å²) in [6, 6.07) is 14.1. The van der Waals surface area contributed by atoms with E-state index in [1.165, 1.54) is 5.56 Å². The average Bonchev–Trinajstić information content (AvgIpc) is 2.71. The number of hydrogen-bond acceptors (Lipinski definition) is 2. The van der Waals surface area contributed by atoms with Crippen LogP contribution in [0.3, 0.4) is 0 Å². The fourth-order valence-corrected chi connectivity index (χ4v) is 2.77. The zero-order valence-electron chi connectivity index (χ0n) is 11.4. The number of hydrogen-bond donors (Lipinski definition) is 0. The molecule has 1 unspecified atom stereocenters. The van der Waals surface area contributed by atoms with Gasteiger partial charge in [0.1, 0.15) is 0 Å². The maximum Gasteiger partial charge on any atom is 0.161 e. The Bertz CT molecular complexity index is 610. The highest BCUT2D eigenvalue weighted by atomic mass is 35.5. The Labute approximate surface area is 124 Å². The molecule has 2 aromatic rings. The van der Waals surface area contributed by atoms with Crippen LogP contribution in [0.25, 0.3) is 0 Å². The van der Waals surface area contributed by atoms with Crippen molar-refractivity contribution < 1.29 is 9.47 Å². The molecule has 0 fully saturated rings. The Morgan fingerprint density at radius 1 is 1.00 bits per heavy atom. The van der Waals surface area contributed by atoms with E-state index in [0.717, 1.165) is 29.0 Å². The number of halogens is 1. The van der Waals surface area contributed by atoms with Gasteiger partial charge in [0.2, 0.25) is 0 Å². The van der Waals surface area contributed by atoms with Gasteiger partial charge in [-0.2, -0.15) is 0 Å². The van der Waals surface area contributed by atoms with Gasteiger partial charge in [0.15, 0.2) is 11.5 Å². The van der Waals surface area contributed by atoms with Crippen molar-refractivity contribution >= 4 is 11.6 Å². The van der Waals surface area contributed by atoms with E-state index in [2.05, 4.69) is 19.1 Å². The molecule has 0 aliphatic carbocycles. The normalized spacial score (nSPS) is 15.5. The van der Waals surface area contributed by atoms with Crippen molar-refractivity contribution in [3.05, 3.63) is 59.2 Å². The minimum Gasteiger partial charge on any atom is -0.490 e. The largest absolute Gasteiger partial charge is 0.490 e. The molecule has 2 nitrogen and oxygen atoms in total. The summed E-state index contributed by atoms with van der Waals surface area (Å²) >= 11 is 6.62. The molecule has 2 aromatic carbocycles. The highest BCUT2D eigenvalue weighted by molar-refractivity contribution is 6.22. The summed E-state index contributed by atoms with van der Waals surface area (Å²) in [5, 5.41) is -0.173. The van der Waals surface area contributed by atoms with Crippen LogP contribution in [0.15, 0.2) is 42.5 Å². The Morgan fingerprint density at radius 3 is 2.55 bits per heavy atom. The minimum absolute atomic E-state index is 0.173. The van der Waals surface area contributed by atoms with Crippen LogP contribution in [0.2, 0.25) is 0 Å². The number of fused-ring (bicyclic) bond motifs is 1. The van der Waals surface area contributed by atoms with Gasteiger partial charge in [0, 0.05) is 6.42 Å². The van der Waals surface area contributed by atoms with Crippen LogP contribution in [-0.2, 0) is 0 Å². The molecule has 0 radical (unpaired) electrons. The molecule has 104 valence electrons. The van der Waals surface area contributed by atoms with E-state index in [-0.39, 0.29) is 5.38 Å². The van der Waals surface area contributed by atoms with Gasteiger partial charge < -0.3 is 9.47 Å². The van der Waals surface area contributed by atoms with E-state index in [1.807, 2.05) is 30.3 Å². The Balaban J connectivity index is 1.94. The predicted octanol–water partition coefficient (Wildman–Crippen LogP) is 4.48. The first-order valence-corrected chi connectivity index (χ1v) is 7.28. The Morgan fingerprint density at radius 2 is 1.75 bits per heavy atom. The fourth-order valence-electron chi connectivity index (χ4n) is 2.39. The third-order valence-corrected chi connectivity index (χ3v) is 4.01. The van der Waals surface area contributed by atoms with Gasteiger partial charge in [-0.25, -0.2) is 0 Å². The first-order valence-electron chi connectivity index (χ1n) is 6.85. The molecule has 20 heavy (non-hydrogen) atoms. The van der Waals surface area contributed by atoms with Gasteiger partial charge in [-0.15, -0.1) is 11.6 Å². The third kappa shape index (κ3) is 2.61. The third-order valence-electron chi connectivity index (χ3n) is 3.53. The summed E-state index contributed by atoms with van der Waals surface area (Å²) in [6.07, 6.45) is 0.909. The van der Waals surface area contributed by atoms with E-state index in [9.17, 15) is 0 Å². The van der Waals surface area contributed by atoms with Crippen LogP contribution in [-0.4, -0.2) is 13.2 Å². The van der Waals surface area contributed by atoms with Crippen molar-refractivity contribution in [3.63, 3.8) is 0 Å². The molecule has 1 aliphatic heterocycles. The Hall–Kier alpha value is -1.67. The highest BCUT2D eigenvalue weighted by Crippen LogP contribution is 2.37. The Kier molecular flexibility index (Phi) is 3.83. The van der Waals surface area contributed by atoms with E-state index >= 15 is 0 Å². The van der Waals surface area contributed by atoms with E-state index in [0.29, 0.717) is 13.2 Å². The summed E-state index contributed by atoms with van der Waals surface area (Å²) in [6.45, 7) is 3.47. The topological polar surface area (TPSA) is 18.5 Å². The van der Waals surface area contributed by atoms with E-state index in [4.69, 9.17) is 21.1 Å². The van der Waals surface area contributed by atoms with Crippen LogP contribution < -0.4 is 9.47 Å². The molecule has 0 aromatic heterocycles. The number of rotatable bonds is 2. The van der Waals surface area contributed by atoms with Crippen LogP contribution in [0, 0.1) is 6.92 Å². The van der Waals surface area contributed by atoms with E-state index < -0.39 is 0 Å². The molecule has 0 N–H and O–H groups in total. The van der Waals surface area contributed by atoms with Crippen molar-refractivity contribution in [2.24, 2.45) is 0 Å².